The number of sulfonamides is 1. The largest absolute Gasteiger partial charge is 0.507 e. The van der Waals surface area contributed by atoms with E-state index in [4.69, 9.17) is 5.11 Å². The second-order valence-corrected chi connectivity index (χ2v) is 8.90. The van der Waals surface area contributed by atoms with Gasteiger partial charge in [-0.05, 0) is 48.4 Å². The number of nitrogens with zero attached hydrogens (tertiary/aromatic N) is 2. The van der Waals surface area contributed by atoms with E-state index < -0.39 is 27.3 Å². The monoisotopic (exact) mass is 463 g/mol. The molecule has 4 rings (SSSR count). The van der Waals surface area contributed by atoms with Crippen LogP contribution in [0.15, 0.2) is 88.9 Å². The number of carbonyl (C=O) groups is 1. The van der Waals surface area contributed by atoms with Crippen LogP contribution < -0.4 is 10.3 Å². The topological polar surface area (TPSA) is 121 Å². The summed E-state index contributed by atoms with van der Waals surface area (Å²) in [5.41, 5.74) is 2.61. The van der Waals surface area contributed by atoms with Crippen molar-refractivity contribution in [2.45, 2.75) is 18.4 Å². The summed E-state index contributed by atoms with van der Waals surface area (Å²) >= 11 is 0. The smallest absolute Gasteiger partial charge is 0.339 e. The molecule has 0 unspecified atom stereocenters. The molecule has 3 aromatic carbocycles. The quantitative estimate of drug-likeness (QED) is 0.378. The second kappa shape index (κ2) is 8.79. The molecule has 0 amide bonds. The molecule has 0 bridgehead atoms. The molecule has 33 heavy (non-hydrogen) atoms. The lowest BCUT2D eigenvalue weighted by molar-refractivity contribution is 0.0693. The summed E-state index contributed by atoms with van der Waals surface area (Å²) in [6.45, 7) is 2.47. The van der Waals surface area contributed by atoms with E-state index in [9.17, 15) is 18.3 Å². The molecule has 0 atom stereocenters. The lowest BCUT2D eigenvalue weighted by atomic mass is 10.0. The van der Waals surface area contributed by atoms with Crippen molar-refractivity contribution in [3.63, 3.8) is 0 Å². The molecule has 0 aliphatic rings. The third-order valence-electron chi connectivity index (χ3n) is 5.23. The number of aromatic hydroxyl groups is 1. The number of para-hydroxylation sites is 1. The van der Waals surface area contributed by atoms with E-state index in [1.165, 1.54) is 0 Å². The van der Waals surface area contributed by atoms with Gasteiger partial charge in [0.05, 0.1) is 10.4 Å². The summed E-state index contributed by atoms with van der Waals surface area (Å²) in [5.74, 6) is -1.96. The van der Waals surface area contributed by atoms with Crippen LogP contribution in [0.2, 0.25) is 0 Å². The molecule has 0 saturated heterocycles. The number of phenols is 1. The summed E-state index contributed by atoms with van der Waals surface area (Å²) in [6.07, 6.45) is 0. The maximum absolute atomic E-state index is 12.8. The summed E-state index contributed by atoms with van der Waals surface area (Å²) in [6, 6.07) is 22.3. The zero-order valence-corrected chi connectivity index (χ0v) is 18.5. The van der Waals surface area contributed by atoms with E-state index in [0.29, 0.717) is 12.0 Å². The van der Waals surface area contributed by atoms with E-state index in [0.717, 1.165) is 40.2 Å². The minimum atomic E-state index is -4.19. The zero-order chi connectivity index (χ0) is 23.6. The number of carboxylic acids is 1. The van der Waals surface area contributed by atoms with Crippen LogP contribution in [0.4, 0.5) is 0 Å². The summed E-state index contributed by atoms with van der Waals surface area (Å²) in [5, 5.41) is 24.0. The number of aryl methyl sites for hydroxylation is 1. The average Bonchev–Trinajstić information content (AvgIpc) is 2.82. The van der Waals surface area contributed by atoms with Crippen molar-refractivity contribution in [1.29, 1.82) is 0 Å². The van der Waals surface area contributed by atoms with Gasteiger partial charge in [0, 0.05) is 11.9 Å². The zero-order valence-electron chi connectivity index (χ0n) is 17.6. The number of rotatable bonds is 6. The summed E-state index contributed by atoms with van der Waals surface area (Å²) < 4.78 is 27.5. The lowest BCUT2D eigenvalue weighted by Crippen LogP contribution is -2.28. The molecular formula is C24H21N3O5S. The molecule has 1 heterocycles. The highest BCUT2D eigenvalue weighted by molar-refractivity contribution is 7.89. The van der Waals surface area contributed by atoms with Gasteiger partial charge in [-0.25, -0.2) is 4.79 Å². The number of hydrogen-bond donors (Lipinski definition) is 3. The van der Waals surface area contributed by atoms with Gasteiger partial charge in [-0.1, -0.05) is 48.5 Å². The van der Waals surface area contributed by atoms with Crippen LogP contribution in [0.3, 0.4) is 0 Å². The third-order valence-corrected chi connectivity index (χ3v) is 6.43. The first-order valence-corrected chi connectivity index (χ1v) is 11.6. The van der Waals surface area contributed by atoms with Crippen LogP contribution in [0, 0.1) is 0 Å². The predicted octanol–water partition coefficient (Wildman–Crippen LogP) is 3.53. The molecule has 0 aliphatic carbocycles. The first-order valence-electron chi connectivity index (χ1n) is 10.1. The number of pyridine rings is 1. The van der Waals surface area contributed by atoms with Crippen molar-refractivity contribution in [2.75, 3.05) is 0 Å². The molecule has 3 N–H and O–H groups in total. The fraction of sp³-hybridized carbons (Fsp3) is 0.0833. The number of aromatic carboxylic acids is 1. The minimum Gasteiger partial charge on any atom is -0.507 e. The highest BCUT2D eigenvalue weighted by Crippen LogP contribution is 2.27. The molecule has 8 nitrogen and oxygen atoms in total. The first-order chi connectivity index (χ1) is 15.8. The number of benzene rings is 3. The van der Waals surface area contributed by atoms with Gasteiger partial charge < -0.3 is 14.8 Å². The van der Waals surface area contributed by atoms with Gasteiger partial charge in [0.15, 0.2) is 5.49 Å². The SMILES string of the molecule is CCn1/c(=N/NS(=O)(=O)c2ccc(O)c(C(=O)O)c2)cc(-c2ccccc2)c2ccccc21. The van der Waals surface area contributed by atoms with E-state index in [1.807, 2.05) is 72.2 Å². The van der Waals surface area contributed by atoms with Crippen molar-refractivity contribution >= 4 is 26.9 Å². The highest BCUT2D eigenvalue weighted by Gasteiger charge is 2.19. The number of aromatic nitrogens is 1. The number of fused-ring (bicyclic) bond motifs is 1. The Morgan fingerprint density at radius 1 is 1.00 bits per heavy atom. The fourth-order valence-corrected chi connectivity index (χ4v) is 4.48. The van der Waals surface area contributed by atoms with E-state index >= 15 is 0 Å². The van der Waals surface area contributed by atoms with Crippen LogP contribution >= 0.6 is 0 Å². The van der Waals surface area contributed by atoms with Crippen molar-refractivity contribution in [1.82, 2.24) is 9.40 Å². The fourth-order valence-electron chi connectivity index (χ4n) is 3.64. The van der Waals surface area contributed by atoms with Crippen molar-refractivity contribution in [3.05, 3.63) is 89.9 Å². The number of nitrogens with one attached hydrogen (secondary N) is 1. The van der Waals surface area contributed by atoms with Crippen molar-refractivity contribution in [2.24, 2.45) is 5.10 Å². The molecule has 0 radical (unpaired) electrons. The van der Waals surface area contributed by atoms with Crippen molar-refractivity contribution < 1.29 is 23.4 Å². The molecule has 0 aliphatic heterocycles. The molecule has 9 heteroatoms. The third kappa shape index (κ3) is 4.31. The number of carboxylic acid groups (broad SMARTS) is 1. The van der Waals surface area contributed by atoms with Crippen LogP contribution in [0.1, 0.15) is 17.3 Å². The van der Waals surface area contributed by atoms with E-state index in [2.05, 4.69) is 9.93 Å². The van der Waals surface area contributed by atoms with Gasteiger partial charge >= 0.3 is 5.97 Å². The average molecular weight is 464 g/mol. The Balaban J connectivity index is 1.87. The Morgan fingerprint density at radius 2 is 1.70 bits per heavy atom. The lowest BCUT2D eigenvalue weighted by Gasteiger charge is -2.14. The standard InChI is InChI=1S/C24H21N3O5S/c1-2-27-21-11-7-6-10-18(21)19(16-8-4-3-5-9-16)15-23(27)25-26-33(31,32)17-12-13-22(28)20(14-17)24(29)30/h3-15,26,28H,2H2,1H3,(H,29,30)/b25-23+. The van der Waals surface area contributed by atoms with Gasteiger partial charge in [-0.3, -0.25) is 0 Å². The molecule has 0 spiro atoms. The molecule has 0 saturated carbocycles. The van der Waals surface area contributed by atoms with Gasteiger partial charge in [0.25, 0.3) is 10.0 Å². The molecular weight excluding hydrogens is 442 g/mol. The van der Waals surface area contributed by atoms with Crippen LogP contribution in [0.5, 0.6) is 5.75 Å². The molecule has 168 valence electrons. The van der Waals surface area contributed by atoms with E-state index in [-0.39, 0.29) is 4.90 Å². The highest BCUT2D eigenvalue weighted by atomic mass is 32.2. The predicted molar refractivity (Wildman–Crippen MR) is 124 cm³/mol. The Bertz CT molecular complexity index is 1530. The summed E-state index contributed by atoms with van der Waals surface area (Å²) in [4.78, 5) is 13.1. The Labute approximate surface area is 190 Å². The maximum atomic E-state index is 12.8. The second-order valence-electron chi connectivity index (χ2n) is 7.23. The Hall–Kier alpha value is -4.11. The normalized spacial score (nSPS) is 12.1. The van der Waals surface area contributed by atoms with Gasteiger partial charge in [-0.2, -0.15) is 13.2 Å². The number of hydrogen-bond acceptors (Lipinski definition) is 5. The Kier molecular flexibility index (Phi) is 5.89. The van der Waals surface area contributed by atoms with Gasteiger partial charge in [0.1, 0.15) is 11.3 Å². The minimum absolute atomic E-state index is 0.325. The van der Waals surface area contributed by atoms with Crippen LogP contribution in [-0.4, -0.2) is 29.2 Å². The molecule has 4 aromatic rings. The van der Waals surface area contributed by atoms with Crippen LogP contribution in [0.25, 0.3) is 22.0 Å². The van der Waals surface area contributed by atoms with E-state index in [1.54, 1.807) is 0 Å². The van der Waals surface area contributed by atoms with Gasteiger partial charge in [-0.15, -0.1) is 5.10 Å². The van der Waals surface area contributed by atoms with Gasteiger partial charge in [0.2, 0.25) is 0 Å². The maximum Gasteiger partial charge on any atom is 0.339 e. The molecule has 0 fully saturated rings. The first kappa shape index (κ1) is 22.1. The van der Waals surface area contributed by atoms with Crippen molar-refractivity contribution in [3.8, 4) is 16.9 Å². The van der Waals surface area contributed by atoms with Crippen LogP contribution in [-0.2, 0) is 16.6 Å². The molecule has 1 aromatic heterocycles. The Morgan fingerprint density at radius 3 is 2.39 bits per heavy atom. The summed E-state index contributed by atoms with van der Waals surface area (Å²) in [7, 11) is -4.19.